The molecule has 2 N–H and O–H groups in total. The molecule has 0 saturated carbocycles. The summed E-state index contributed by atoms with van der Waals surface area (Å²) in [5, 5.41) is 12.3. The fourth-order valence-electron chi connectivity index (χ4n) is 2.14. The molecule has 0 fully saturated rings. The molecule has 112 valence electrons. The second-order valence-corrected chi connectivity index (χ2v) is 5.21. The molecule has 2 rings (SSSR count). The first-order valence-electron chi connectivity index (χ1n) is 7.44. The summed E-state index contributed by atoms with van der Waals surface area (Å²) in [5.41, 5.74) is 1.19. The Hall–Kier alpha value is -1.84. The summed E-state index contributed by atoms with van der Waals surface area (Å²) in [5.74, 6) is 1.70. The average Bonchev–Trinajstić information content (AvgIpc) is 2.52. The van der Waals surface area contributed by atoms with Gasteiger partial charge >= 0.3 is 0 Å². The molecule has 0 aromatic heterocycles. The van der Waals surface area contributed by atoms with Gasteiger partial charge < -0.3 is 15.2 Å². The predicted molar refractivity (Wildman–Crippen MR) is 85.6 cm³/mol. The van der Waals surface area contributed by atoms with E-state index in [1.54, 1.807) is 0 Å². The van der Waals surface area contributed by atoms with Crippen LogP contribution in [-0.2, 0) is 6.54 Å². The van der Waals surface area contributed by atoms with Crippen molar-refractivity contribution >= 4 is 0 Å². The van der Waals surface area contributed by atoms with Gasteiger partial charge in [0.2, 0.25) is 0 Å². The van der Waals surface area contributed by atoms with Gasteiger partial charge in [-0.1, -0.05) is 30.3 Å². The van der Waals surface area contributed by atoms with Gasteiger partial charge in [-0.25, -0.2) is 0 Å². The van der Waals surface area contributed by atoms with Crippen molar-refractivity contribution in [3.63, 3.8) is 0 Å². The molecule has 0 aliphatic rings. The first-order chi connectivity index (χ1) is 10.3. The highest BCUT2D eigenvalue weighted by Gasteiger charge is 2.03. The maximum absolute atomic E-state index is 8.83. The summed E-state index contributed by atoms with van der Waals surface area (Å²) in [6, 6.07) is 18.3. The molecule has 1 unspecified atom stereocenters. The molecule has 21 heavy (non-hydrogen) atoms. The third kappa shape index (κ3) is 5.58. The number of nitrogens with one attached hydrogen (secondary N) is 1. The van der Waals surface area contributed by atoms with E-state index < -0.39 is 0 Å². The van der Waals surface area contributed by atoms with Crippen LogP contribution in [0.3, 0.4) is 0 Å². The second kappa shape index (κ2) is 8.45. The SMILES string of the molecule is CC(CCCO)NCc1cccc(Oc2ccccc2)c1. The molecule has 0 aliphatic heterocycles. The zero-order valence-corrected chi connectivity index (χ0v) is 12.5. The van der Waals surface area contributed by atoms with Crippen LogP contribution in [0.4, 0.5) is 0 Å². The lowest BCUT2D eigenvalue weighted by Gasteiger charge is -2.13. The van der Waals surface area contributed by atoms with E-state index in [1.165, 1.54) is 5.56 Å². The summed E-state index contributed by atoms with van der Waals surface area (Å²) in [6.45, 7) is 3.20. The van der Waals surface area contributed by atoms with Gasteiger partial charge in [0.1, 0.15) is 11.5 Å². The van der Waals surface area contributed by atoms with Crippen LogP contribution in [0.5, 0.6) is 11.5 Å². The fourth-order valence-corrected chi connectivity index (χ4v) is 2.14. The van der Waals surface area contributed by atoms with E-state index in [4.69, 9.17) is 9.84 Å². The van der Waals surface area contributed by atoms with Crippen molar-refractivity contribution in [2.75, 3.05) is 6.61 Å². The normalized spacial score (nSPS) is 12.1. The van der Waals surface area contributed by atoms with Gasteiger partial charge in [-0.3, -0.25) is 0 Å². The summed E-state index contributed by atoms with van der Waals surface area (Å²) in [4.78, 5) is 0. The number of aliphatic hydroxyl groups is 1. The molecule has 0 amide bonds. The number of hydrogen-bond acceptors (Lipinski definition) is 3. The van der Waals surface area contributed by atoms with Crippen molar-refractivity contribution < 1.29 is 9.84 Å². The van der Waals surface area contributed by atoms with Crippen LogP contribution in [0.1, 0.15) is 25.3 Å². The molecule has 0 saturated heterocycles. The number of rotatable bonds is 8. The first kappa shape index (κ1) is 15.5. The topological polar surface area (TPSA) is 41.5 Å². The van der Waals surface area contributed by atoms with Crippen LogP contribution in [-0.4, -0.2) is 17.8 Å². The molecule has 1 atom stereocenters. The largest absolute Gasteiger partial charge is 0.457 e. The van der Waals surface area contributed by atoms with E-state index in [1.807, 2.05) is 42.5 Å². The summed E-state index contributed by atoms with van der Waals surface area (Å²) in [6.07, 6.45) is 1.82. The molecule has 3 nitrogen and oxygen atoms in total. The van der Waals surface area contributed by atoms with Crippen LogP contribution < -0.4 is 10.1 Å². The molecule has 0 radical (unpaired) electrons. The monoisotopic (exact) mass is 285 g/mol. The van der Waals surface area contributed by atoms with Gasteiger partial charge in [-0.2, -0.15) is 0 Å². The van der Waals surface area contributed by atoms with E-state index in [0.29, 0.717) is 6.04 Å². The molecule has 0 heterocycles. The van der Waals surface area contributed by atoms with Crippen molar-refractivity contribution in [2.45, 2.75) is 32.4 Å². The Morgan fingerprint density at radius 2 is 1.81 bits per heavy atom. The van der Waals surface area contributed by atoms with Crippen molar-refractivity contribution in [3.05, 3.63) is 60.2 Å². The first-order valence-corrected chi connectivity index (χ1v) is 7.44. The Labute approximate surface area is 126 Å². The van der Waals surface area contributed by atoms with Crippen molar-refractivity contribution in [1.82, 2.24) is 5.32 Å². The summed E-state index contributed by atoms with van der Waals surface area (Å²) >= 11 is 0. The Morgan fingerprint density at radius 3 is 2.57 bits per heavy atom. The summed E-state index contributed by atoms with van der Waals surface area (Å²) in [7, 11) is 0. The zero-order chi connectivity index (χ0) is 14.9. The van der Waals surface area contributed by atoms with Crippen LogP contribution in [0.25, 0.3) is 0 Å². The van der Waals surface area contributed by atoms with E-state index in [9.17, 15) is 0 Å². The van der Waals surface area contributed by atoms with Crippen molar-refractivity contribution in [2.24, 2.45) is 0 Å². The zero-order valence-electron chi connectivity index (χ0n) is 12.5. The Bertz CT molecular complexity index is 528. The van der Waals surface area contributed by atoms with E-state index in [2.05, 4.69) is 24.4 Å². The Morgan fingerprint density at radius 1 is 1.05 bits per heavy atom. The third-order valence-electron chi connectivity index (χ3n) is 3.33. The third-order valence-corrected chi connectivity index (χ3v) is 3.33. The highest BCUT2D eigenvalue weighted by Crippen LogP contribution is 2.21. The molecule has 2 aromatic carbocycles. The average molecular weight is 285 g/mol. The number of ether oxygens (including phenoxy) is 1. The van der Waals surface area contributed by atoms with Gasteiger partial charge in [-0.05, 0) is 49.6 Å². The number of aliphatic hydroxyl groups excluding tert-OH is 1. The minimum absolute atomic E-state index is 0.256. The number of para-hydroxylation sites is 1. The minimum Gasteiger partial charge on any atom is -0.457 e. The number of hydrogen-bond donors (Lipinski definition) is 2. The van der Waals surface area contributed by atoms with E-state index in [0.717, 1.165) is 30.9 Å². The fraction of sp³-hybridized carbons (Fsp3) is 0.333. The lowest BCUT2D eigenvalue weighted by atomic mass is 10.1. The second-order valence-electron chi connectivity index (χ2n) is 5.21. The van der Waals surface area contributed by atoms with E-state index >= 15 is 0 Å². The summed E-state index contributed by atoms with van der Waals surface area (Å²) < 4.78 is 5.83. The van der Waals surface area contributed by atoms with Crippen LogP contribution >= 0.6 is 0 Å². The molecular formula is C18H23NO2. The van der Waals surface area contributed by atoms with Crippen LogP contribution in [0.2, 0.25) is 0 Å². The lowest BCUT2D eigenvalue weighted by Crippen LogP contribution is -2.25. The standard InChI is InChI=1S/C18H23NO2/c1-15(7-6-12-20)19-14-16-8-5-11-18(13-16)21-17-9-3-2-4-10-17/h2-5,8-11,13,15,19-20H,6-7,12,14H2,1H3. The highest BCUT2D eigenvalue weighted by atomic mass is 16.5. The van der Waals surface area contributed by atoms with Crippen molar-refractivity contribution in [1.29, 1.82) is 0 Å². The molecule has 0 spiro atoms. The molecular weight excluding hydrogens is 262 g/mol. The number of benzene rings is 2. The minimum atomic E-state index is 0.256. The van der Waals surface area contributed by atoms with Gasteiger partial charge in [0.05, 0.1) is 0 Å². The molecule has 0 aliphatic carbocycles. The molecule has 0 bridgehead atoms. The quantitative estimate of drug-likeness (QED) is 0.776. The van der Waals surface area contributed by atoms with Crippen LogP contribution in [0, 0.1) is 0 Å². The smallest absolute Gasteiger partial charge is 0.127 e. The molecule has 3 heteroatoms. The van der Waals surface area contributed by atoms with Gasteiger partial charge in [0.15, 0.2) is 0 Å². The lowest BCUT2D eigenvalue weighted by molar-refractivity contribution is 0.276. The maximum atomic E-state index is 8.83. The highest BCUT2D eigenvalue weighted by molar-refractivity contribution is 5.33. The van der Waals surface area contributed by atoms with Crippen molar-refractivity contribution in [3.8, 4) is 11.5 Å². The maximum Gasteiger partial charge on any atom is 0.127 e. The van der Waals surface area contributed by atoms with E-state index in [-0.39, 0.29) is 6.61 Å². The molecule has 2 aromatic rings. The Kier molecular flexibility index (Phi) is 6.25. The predicted octanol–water partition coefficient (Wildman–Crippen LogP) is 3.73. The van der Waals surface area contributed by atoms with Crippen LogP contribution in [0.15, 0.2) is 54.6 Å². The Balaban J connectivity index is 1.89. The van der Waals surface area contributed by atoms with Gasteiger partial charge in [0.25, 0.3) is 0 Å². The van der Waals surface area contributed by atoms with Gasteiger partial charge in [0, 0.05) is 19.2 Å². The van der Waals surface area contributed by atoms with Gasteiger partial charge in [-0.15, -0.1) is 0 Å².